The highest BCUT2D eigenvalue weighted by Crippen LogP contribution is 2.34. The summed E-state index contributed by atoms with van der Waals surface area (Å²) < 4.78 is 5.61. The molecule has 0 amide bonds. The van der Waals surface area contributed by atoms with E-state index >= 15 is 0 Å². The lowest BCUT2D eigenvalue weighted by Crippen LogP contribution is -2.24. The van der Waals surface area contributed by atoms with Gasteiger partial charge in [-0.1, -0.05) is 12.8 Å². The van der Waals surface area contributed by atoms with Gasteiger partial charge in [0.25, 0.3) is 0 Å². The second-order valence-corrected chi connectivity index (χ2v) is 4.90. The molecule has 1 aliphatic carbocycles. The summed E-state index contributed by atoms with van der Waals surface area (Å²) in [7, 11) is 0. The maximum atomic E-state index is 9.80. The lowest BCUT2D eigenvalue weighted by Gasteiger charge is -2.24. The van der Waals surface area contributed by atoms with Crippen LogP contribution in [-0.2, 0) is 4.74 Å². The van der Waals surface area contributed by atoms with Crippen molar-refractivity contribution in [3.63, 3.8) is 0 Å². The summed E-state index contributed by atoms with van der Waals surface area (Å²) >= 11 is 0. The molecule has 1 heterocycles. The van der Waals surface area contributed by atoms with Crippen LogP contribution in [0.2, 0.25) is 0 Å². The summed E-state index contributed by atoms with van der Waals surface area (Å²) in [5.74, 6) is 0.942. The maximum Gasteiger partial charge on any atom is 0.0599 e. The van der Waals surface area contributed by atoms with E-state index in [1.54, 1.807) is 0 Å². The molecule has 0 aromatic heterocycles. The van der Waals surface area contributed by atoms with Crippen molar-refractivity contribution in [2.45, 2.75) is 63.6 Å². The Morgan fingerprint density at radius 1 is 1.21 bits per heavy atom. The SMILES string of the molecule is OC(CCC1CC1)CC1CCCCO1. The number of rotatable bonds is 5. The smallest absolute Gasteiger partial charge is 0.0599 e. The first kappa shape index (κ1) is 10.4. The number of hydrogen-bond donors (Lipinski definition) is 1. The molecule has 2 nitrogen and oxygen atoms in total. The number of hydrogen-bond acceptors (Lipinski definition) is 2. The van der Waals surface area contributed by atoms with Gasteiger partial charge in [0.1, 0.15) is 0 Å². The lowest BCUT2D eigenvalue weighted by atomic mass is 10.00. The van der Waals surface area contributed by atoms with E-state index in [1.165, 1.54) is 32.1 Å². The number of aliphatic hydroxyl groups excluding tert-OH is 1. The zero-order chi connectivity index (χ0) is 9.80. The highest BCUT2D eigenvalue weighted by atomic mass is 16.5. The second-order valence-electron chi connectivity index (χ2n) is 4.90. The van der Waals surface area contributed by atoms with Gasteiger partial charge in [0.15, 0.2) is 0 Å². The Balaban J connectivity index is 1.57. The molecule has 82 valence electrons. The third-order valence-electron chi connectivity index (χ3n) is 3.41. The van der Waals surface area contributed by atoms with Gasteiger partial charge in [0, 0.05) is 6.61 Å². The third kappa shape index (κ3) is 3.58. The zero-order valence-corrected chi connectivity index (χ0v) is 8.95. The van der Waals surface area contributed by atoms with Crippen LogP contribution in [0, 0.1) is 5.92 Å². The molecule has 1 saturated heterocycles. The van der Waals surface area contributed by atoms with Crippen molar-refractivity contribution in [1.29, 1.82) is 0 Å². The molecular weight excluding hydrogens is 176 g/mol. The van der Waals surface area contributed by atoms with E-state index < -0.39 is 0 Å². The molecule has 1 saturated carbocycles. The molecule has 0 aromatic carbocycles. The van der Waals surface area contributed by atoms with Gasteiger partial charge in [0.2, 0.25) is 0 Å². The molecule has 2 aliphatic rings. The number of aliphatic hydroxyl groups is 1. The van der Waals surface area contributed by atoms with E-state index in [2.05, 4.69) is 0 Å². The van der Waals surface area contributed by atoms with Gasteiger partial charge in [-0.25, -0.2) is 0 Å². The first-order chi connectivity index (χ1) is 6.84. The first-order valence-electron chi connectivity index (χ1n) is 6.14. The summed E-state index contributed by atoms with van der Waals surface area (Å²) in [4.78, 5) is 0. The Morgan fingerprint density at radius 2 is 2.07 bits per heavy atom. The Hall–Kier alpha value is -0.0800. The van der Waals surface area contributed by atoms with Crippen LogP contribution in [0.4, 0.5) is 0 Å². The predicted molar refractivity (Wildman–Crippen MR) is 56.2 cm³/mol. The van der Waals surface area contributed by atoms with E-state index in [1.807, 2.05) is 0 Å². The minimum atomic E-state index is -0.112. The fourth-order valence-electron chi connectivity index (χ4n) is 2.25. The Morgan fingerprint density at radius 3 is 2.71 bits per heavy atom. The molecule has 14 heavy (non-hydrogen) atoms. The predicted octanol–water partition coefficient (Wildman–Crippen LogP) is 2.50. The van der Waals surface area contributed by atoms with Crippen LogP contribution >= 0.6 is 0 Å². The van der Waals surface area contributed by atoms with Crippen molar-refractivity contribution in [1.82, 2.24) is 0 Å². The largest absolute Gasteiger partial charge is 0.393 e. The van der Waals surface area contributed by atoms with Crippen LogP contribution in [0.15, 0.2) is 0 Å². The van der Waals surface area contributed by atoms with E-state index in [-0.39, 0.29) is 6.10 Å². The van der Waals surface area contributed by atoms with E-state index in [9.17, 15) is 5.11 Å². The van der Waals surface area contributed by atoms with E-state index in [4.69, 9.17) is 4.74 Å². The van der Waals surface area contributed by atoms with Crippen LogP contribution in [-0.4, -0.2) is 23.9 Å². The average molecular weight is 198 g/mol. The summed E-state index contributed by atoms with van der Waals surface area (Å²) in [6, 6.07) is 0. The average Bonchev–Trinajstić information content (AvgIpc) is 3.00. The molecule has 2 atom stereocenters. The highest BCUT2D eigenvalue weighted by molar-refractivity contribution is 4.76. The monoisotopic (exact) mass is 198 g/mol. The molecule has 2 heteroatoms. The van der Waals surface area contributed by atoms with Crippen molar-refractivity contribution in [2.24, 2.45) is 5.92 Å². The summed E-state index contributed by atoms with van der Waals surface area (Å²) in [5.41, 5.74) is 0. The van der Waals surface area contributed by atoms with Gasteiger partial charge in [-0.15, -0.1) is 0 Å². The minimum absolute atomic E-state index is 0.112. The fraction of sp³-hybridized carbons (Fsp3) is 1.00. The van der Waals surface area contributed by atoms with Gasteiger partial charge in [-0.05, 0) is 44.4 Å². The topological polar surface area (TPSA) is 29.5 Å². The molecule has 0 radical (unpaired) electrons. The van der Waals surface area contributed by atoms with Crippen LogP contribution in [0.5, 0.6) is 0 Å². The quantitative estimate of drug-likeness (QED) is 0.735. The molecular formula is C12H22O2. The van der Waals surface area contributed by atoms with Crippen LogP contribution < -0.4 is 0 Å². The molecule has 1 N–H and O–H groups in total. The number of ether oxygens (including phenoxy) is 1. The second kappa shape index (κ2) is 5.13. The van der Waals surface area contributed by atoms with Crippen molar-refractivity contribution in [3.8, 4) is 0 Å². The molecule has 2 fully saturated rings. The van der Waals surface area contributed by atoms with Crippen molar-refractivity contribution in [2.75, 3.05) is 6.61 Å². The third-order valence-corrected chi connectivity index (χ3v) is 3.41. The highest BCUT2D eigenvalue weighted by Gasteiger charge is 2.23. The van der Waals surface area contributed by atoms with Gasteiger partial charge in [0.05, 0.1) is 12.2 Å². The lowest BCUT2D eigenvalue weighted by molar-refractivity contribution is -0.0169. The fourth-order valence-corrected chi connectivity index (χ4v) is 2.25. The van der Waals surface area contributed by atoms with Crippen LogP contribution in [0.3, 0.4) is 0 Å². The van der Waals surface area contributed by atoms with E-state index in [0.29, 0.717) is 6.10 Å². The van der Waals surface area contributed by atoms with Gasteiger partial charge in [-0.2, -0.15) is 0 Å². The van der Waals surface area contributed by atoms with Crippen LogP contribution in [0.25, 0.3) is 0 Å². The summed E-state index contributed by atoms with van der Waals surface area (Å²) in [5, 5.41) is 9.80. The Labute approximate surface area is 86.6 Å². The van der Waals surface area contributed by atoms with Gasteiger partial charge in [-0.3, -0.25) is 0 Å². The molecule has 0 bridgehead atoms. The Bertz CT molecular complexity index is 160. The van der Waals surface area contributed by atoms with Crippen molar-refractivity contribution in [3.05, 3.63) is 0 Å². The minimum Gasteiger partial charge on any atom is -0.393 e. The zero-order valence-electron chi connectivity index (χ0n) is 8.95. The van der Waals surface area contributed by atoms with Gasteiger partial charge >= 0.3 is 0 Å². The standard InChI is InChI=1S/C12H22O2/c13-11(7-6-10-4-5-10)9-12-3-1-2-8-14-12/h10-13H,1-9H2. The summed E-state index contributed by atoms with van der Waals surface area (Å²) in [6.07, 6.45) is 9.75. The van der Waals surface area contributed by atoms with Gasteiger partial charge < -0.3 is 9.84 Å². The summed E-state index contributed by atoms with van der Waals surface area (Å²) in [6.45, 7) is 0.903. The van der Waals surface area contributed by atoms with Crippen molar-refractivity contribution >= 4 is 0 Å². The molecule has 0 aromatic rings. The molecule has 1 aliphatic heterocycles. The normalized spacial score (nSPS) is 30.2. The first-order valence-corrected chi connectivity index (χ1v) is 6.14. The van der Waals surface area contributed by atoms with Crippen molar-refractivity contribution < 1.29 is 9.84 Å². The molecule has 2 unspecified atom stereocenters. The molecule has 0 spiro atoms. The molecule has 2 rings (SSSR count). The van der Waals surface area contributed by atoms with E-state index in [0.717, 1.165) is 31.8 Å². The Kier molecular flexibility index (Phi) is 3.82. The maximum absolute atomic E-state index is 9.80. The van der Waals surface area contributed by atoms with Crippen LogP contribution in [0.1, 0.15) is 51.4 Å².